The first kappa shape index (κ1) is 8.36. The van der Waals surface area contributed by atoms with Crippen LogP contribution in [0.4, 0.5) is 5.69 Å². The SMILES string of the molecule is C=CCC1CCc2ccccc2[N]1. The predicted molar refractivity (Wildman–Crippen MR) is 55.2 cm³/mol. The van der Waals surface area contributed by atoms with Crippen LogP contribution in [-0.4, -0.2) is 6.04 Å². The van der Waals surface area contributed by atoms with Gasteiger partial charge in [0, 0.05) is 0 Å². The van der Waals surface area contributed by atoms with E-state index < -0.39 is 0 Å². The second kappa shape index (κ2) is 3.65. The van der Waals surface area contributed by atoms with Crippen LogP contribution in [0.15, 0.2) is 36.9 Å². The minimum atomic E-state index is 0.465. The molecule has 1 radical (unpaired) electrons. The lowest BCUT2D eigenvalue weighted by molar-refractivity contribution is 0.520. The Morgan fingerprint density at radius 2 is 2.31 bits per heavy atom. The van der Waals surface area contributed by atoms with Crippen LogP contribution in [0, 0.1) is 0 Å². The van der Waals surface area contributed by atoms with E-state index in [0.717, 1.165) is 12.8 Å². The fraction of sp³-hybridized carbons (Fsp3) is 0.333. The molecule has 1 unspecified atom stereocenters. The second-order valence-electron chi connectivity index (χ2n) is 3.47. The van der Waals surface area contributed by atoms with Crippen LogP contribution >= 0.6 is 0 Å². The highest BCUT2D eigenvalue weighted by molar-refractivity contribution is 5.46. The van der Waals surface area contributed by atoms with Gasteiger partial charge >= 0.3 is 0 Å². The molecule has 1 heterocycles. The highest BCUT2D eigenvalue weighted by Gasteiger charge is 2.16. The van der Waals surface area contributed by atoms with Gasteiger partial charge < -0.3 is 0 Å². The molecule has 0 fully saturated rings. The van der Waals surface area contributed by atoms with Crippen LogP contribution < -0.4 is 5.32 Å². The third-order valence-electron chi connectivity index (χ3n) is 2.50. The first-order chi connectivity index (χ1) is 6.40. The Hall–Kier alpha value is -1.24. The number of nitrogens with zero attached hydrogens (tertiary/aromatic N) is 1. The molecule has 1 aromatic carbocycles. The molecule has 1 aliphatic rings. The number of aryl methyl sites for hydroxylation is 1. The Morgan fingerprint density at radius 1 is 1.46 bits per heavy atom. The van der Waals surface area contributed by atoms with Crippen molar-refractivity contribution in [2.24, 2.45) is 0 Å². The van der Waals surface area contributed by atoms with E-state index in [4.69, 9.17) is 0 Å². The molecule has 1 heteroatoms. The summed E-state index contributed by atoms with van der Waals surface area (Å²) in [5, 5.41) is 4.66. The van der Waals surface area contributed by atoms with Gasteiger partial charge in [-0.25, -0.2) is 0 Å². The molecule has 0 saturated heterocycles. The Balaban J connectivity index is 2.15. The second-order valence-corrected chi connectivity index (χ2v) is 3.47. The normalized spacial score (nSPS) is 20.2. The van der Waals surface area contributed by atoms with Gasteiger partial charge in [0.1, 0.15) is 0 Å². The third kappa shape index (κ3) is 1.74. The van der Waals surface area contributed by atoms with E-state index in [1.54, 1.807) is 0 Å². The zero-order valence-corrected chi connectivity index (χ0v) is 7.74. The summed E-state index contributed by atoms with van der Waals surface area (Å²) in [4.78, 5) is 0. The Labute approximate surface area is 79.5 Å². The summed E-state index contributed by atoms with van der Waals surface area (Å²) in [5.41, 5.74) is 2.57. The molecule has 2 rings (SSSR count). The monoisotopic (exact) mass is 172 g/mol. The maximum Gasteiger partial charge on any atom is 0.0609 e. The fourth-order valence-corrected chi connectivity index (χ4v) is 1.79. The average Bonchev–Trinajstić information content (AvgIpc) is 2.18. The molecular formula is C12H14N. The standard InChI is InChI=1S/C12H14N/c1-2-5-11-9-8-10-6-3-4-7-12(10)13-11/h2-4,6-7,11H,1,5,8-9H2. The lowest BCUT2D eigenvalue weighted by Crippen LogP contribution is -2.23. The minimum Gasteiger partial charge on any atom is -0.281 e. The lowest BCUT2D eigenvalue weighted by Gasteiger charge is -2.23. The zero-order valence-electron chi connectivity index (χ0n) is 7.74. The Kier molecular flexibility index (Phi) is 2.35. The number of para-hydroxylation sites is 1. The molecule has 1 nitrogen and oxygen atoms in total. The number of rotatable bonds is 2. The van der Waals surface area contributed by atoms with E-state index in [9.17, 15) is 0 Å². The van der Waals surface area contributed by atoms with E-state index >= 15 is 0 Å². The Morgan fingerprint density at radius 3 is 3.15 bits per heavy atom. The third-order valence-corrected chi connectivity index (χ3v) is 2.50. The number of hydrogen-bond acceptors (Lipinski definition) is 0. The summed E-state index contributed by atoms with van der Waals surface area (Å²) < 4.78 is 0. The van der Waals surface area contributed by atoms with Crippen molar-refractivity contribution in [2.45, 2.75) is 25.3 Å². The van der Waals surface area contributed by atoms with Crippen LogP contribution in [0.2, 0.25) is 0 Å². The maximum absolute atomic E-state index is 4.66. The summed E-state index contributed by atoms with van der Waals surface area (Å²) in [6, 6.07) is 8.88. The van der Waals surface area contributed by atoms with E-state index in [1.165, 1.54) is 17.7 Å². The molecule has 1 aromatic rings. The summed E-state index contributed by atoms with van der Waals surface area (Å²) in [7, 11) is 0. The van der Waals surface area contributed by atoms with Crippen LogP contribution in [-0.2, 0) is 6.42 Å². The van der Waals surface area contributed by atoms with Crippen LogP contribution in [0.5, 0.6) is 0 Å². The van der Waals surface area contributed by atoms with Crippen molar-refractivity contribution < 1.29 is 0 Å². The van der Waals surface area contributed by atoms with Gasteiger partial charge in [-0.3, -0.25) is 5.32 Å². The highest BCUT2D eigenvalue weighted by atomic mass is 14.9. The van der Waals surface area contributed by atoms with Gasteiger partial charge in [-0.15, -0.1) is 6.58 Å². The maximum atomic E-state index is 4.66. The molecule has 0 aliphatic carbocycles. The summed E-state index contributed by atoms with van der Waals surface area (Å²) >= 11 is 0. The molecule has 1 aliphatic heterocycles. The molecule has 1 atom stereocenters. The molecular weight excluding hydrogens is 158 g/mol. The van der Waals surface area contributed by atoms with Gasteiger partial charge in [0.25, 0.3) is 0 Å². The van der Waals surface area contributed by atoms with Gasteiger partial charge in [0.05, 0.1) is 11.7 Å². The summed E-state index contributed by atoms with van der Waals surface area (Å²) in [5.74, 6) is 0. The topological polar surface area (TPSA) is 14.1 Å². The van der Waals surface area contributed by atoms with Crippen molar-refractivity contribution >= 4 is 5.69 Å². The van der Waals surface area contributed by atoms with Crippen molar-refractivity contribution in [3.63, 3.8) is 0 Å². The smallest absolute Gasteiger partial charge is 0.0609 e. The van der Waals surface area contributed by atoms with E-state index in [1.807, 2.05) is 6.08 Å². The van der Waals surface area contributed by atoms with Crippen LogP contribution in [0.25, 0.3) is 0 Å². The molecule has 0 spiro atoms. The van der Waals surface area contributed by atoms with E-state index in [0.29, 0.717) is 6.04 Å². The molecule has 67 valence electrons. The first-order valence-corrected chi connectivity index (χ1v) is 4.80. The fourth-order valence-electron chi connectivity index (χ4n) is 1.79. The molecule has 13 heavy (non-hydrogen) atoms. The van der Waals surface area contributed by atoms with Crippen molar-refractivity contribution in [1.29, 1.82) is 0 Å². The number of hydrogen-bond donors (Lipinski definition) is 0. The molecule has 0 N–H and O–H groups in total. The van der Waals surface area contributed by atoms with Crippen molar-refractivity contribution in [3.05, 3.63) is 42.5 Å². The van der Waals surface area contributed by atoms with E-state index in [2.05, 4.69) is 36.2 Å². The Bertz CT molecular complexity index is 304. The first-order valence-electron chi connectivity index (χ1n) is 4.80. The largest absolute Gasteiger partial charge is 0.281 e. The van der Waals surface area contributed by atoms with Crippen molar-refractivity contribution in [3.8, 4) is 0 Å². The van der Waals surface area contributed by atoms with Gasteiger partial charge in [-0.1, -0.05) is 24.3 Å². The van der Waals surface area contributed by atoms with Crippen LogP contribution in [0.1, 0.15) is 18.4 Å². The molecule has 0 amide bonds. The number of fused-ring (bicyclic) bond motifs is 1. The van der Waals surface area contributed by atoms with Gasteiger partial charge in [0.15, 0.2) is 0 Å². The zero-order chi connectivity index (χ0) is 9.10. The van der Waals surface area contributed by atoms with Crippen LogP contribution in [0.3, 0.4) is 0 Å². The summed E-state index contributed by atoms with van der Waals surface area (Å²) in [6.07, 6.45) is 5.30. The predicted octanol–water partition coefficient (Wildman–Crippen LogP) is 2.81. The molecule has 0 saturated carbocycles. The summed E-state index contributed by atoms with van der Waals surface area (Å²) in [6.45, 7) is 3.75. The van der Waals surface area contributed by atoms with E-state index in [-0.39, 0.29) is 0 Å². The lowest BCUT2D eigenvalue weighted by atomic mass is 9.96. The van der Waals surface area contributed by atoms with Gasteiger partial charge in [-0.2, -0.15) is 0 Å². The van der Waals surface area contributed by atoms with Gasteiger partial charge in [0.2, 0.25) is 0 Å². The number of benzene rings is 1. The van der Waals surface area contributed by atoms with Gasteiger partial charge in [-0.05, 0) is 30.9 Å². The minimum absolute atomic E-state index is 0.465. The molecule has 0 bridgehead atoms. The van der Waals surface area contributed by atoms with Crippen molar-refractivity contribution in [1.82, 2.24) is 5.32 Å². The quantitative estimate of drug-likeness (QED) is 0.609. The van der Waals surface area contributed by atoms with Crippen molar-refractivity contribution in [2.75, 3.05) is 0 Å². The molecule has 0 aromatic heterocycles. The highest BCUT2D eigenvalue weighted by Crippen LogP contribution is 2.25. The average molecular weight is 172 g/mol.